The summed E-state index contributed by atoms with van der Waals surface area (Å²) in [5.74, 6) is 0. The van der Waals surface area contributed by atoms with Crippen LogP contribution in [0.3, 0.4) is 0 Å². The summed E-state index contributed by atoms with van der Waals surface area (Å²) in [6.07, 6.45) is 1.52. The zero-order valence-electron chi connectivity index (χ0n) is 24.8. The van der Waals surface area contributed by atoms with Gasteiger partial charge in [-0.05, 0) is 48.7 Å². The van der Waals surface area contributed by atoms with Crippen molar-refractivity contribution < 1.29 is 43.0 Å². The molecule has 3 aliphatic heterocycles. The summed E-state index contributed by atoms with van der Waals surface area (Å²) in [6, 6.07) is 14.9. The van der Waals surface area contributed by atoms with E-state index in [1.807, 2.05) is 0 Å². The maximum absolute atomic E-state index is 10.6. The predicted molar refractivity (Wildman–Crippen MR) is 155 cm³/mol. The van der Waals surface area contributed by atoms with Crippen LogP contribution >= 0.6 is 0 Å². The second-order valence-electron chi connectivity index (χ2n) is 13.1. The van der Waals surface area contributed by atoms with Gasteiger partial charge in [0.2, 0.25) is 0 Å². The molecule has 6 atom stereocenters. The molecule has 5 fully saturated rings. The maximum Gasteiger partial charge on any atom is 0.116 e. The van der Waals surface area contributed by atoms with E-state index in [2.05, 4.69) is 63.4 Å². The van der Waals surface area contributed by atoms with Gasteiger partial charge in [0.15, 0.2) is 0 Å². The van der Waals surface area contributed by atoms with Gasteiger partial charge in [0.1, 0.15) is 59.9 Å². The molecule has 1 N–H and O–H groups in total. The molecule has 2 aliphatic carbocycles. The van der Waals surface area contributed by atoms with E-state index in [-0.39, 0.29) is 55.9 Å². The smallest absolute Gasteiger partial charge is 0.116 e. The minimum absolute atomic E-state index is 0.155. The van der Waals surface area contributed by atoms with Crippen LogP contribution < -0.4 is 0 Å². The first-order chi connectivity index (χ1) is 21.6. The first-order valence-corrected chi connectivity index (χ1v) is 15.7. The van der Waals surface area contributed by atoms with Crippen LogP contribution in [0.2, 0.25) is 0 Å². The third kappa shape index (κ3) is 5.46. The number of aliphatic hydroxyl groups is 1. The Balaban J connectivity index is 0.740. The van der Waals surface area contributed by atoms with Gasteiger partial charge < -0.3 is 43.0 Å². The summed E-state index contributed by atoms with van der Waals surface area (Å²) in [5, 5.41) is 10.6. The van der Waals surface area contributed by atoms with E-state index in [4.69, 9.17) is 37.9 Å². The SMILES string of the molecule is Cc1cc(-n2n3c4ccccc4n23)ccc1CCOCC(O)COCC(COCC1CO1)(COC1C2OC12)COC1C2OC12. The fourth-order valence-corrected chi connectivity index (χ4v) is 6.07. The lowest BCUT2D eigenvalue weighted by atomic mass is 9.92. The Bertz CT molecular complexity index is 1520. The van der Waals surface area contributed by atoms with E-state index in [0.717, 1.165) is 18.7 Å². The zero-order chi connectivity index (χ0) is 29.4. The Hall–Kier alpha value is -2.52. The van der Waals surface area contributed by atoms with E-state index in [9.17, 15) is 5.11 Å². The van der Waals surface area contributed by atoms with Crippen molar-refractivity contribution in [3.8, 4) is 5.69 Å². The van der Waals surface area contributed by atoms with Crippen molar-refractivity contribution >= 4 is 11.0 Å². The Labute approximate surface area is 254 Å². The topological polar surface area (TPSA) is 118 Å². The van der Waals surface area contributed by atoms with Crippen LogP contribution in [-0.2, 0) is 44.3 Å². The highest BCUT2D eigenvalue weighted by molar-refractivity contribution is 5.79. The number of fused-ring (bicyclic) bond motifs is 6. The van der Waals surface area contributed by atoms with E-state index in [1.165, 1.54) is 22.2 Å². The summed E-state index contributed by atoms with van der Waals surface area (Å²) in [6.45, 7) is 5.92. The molecule has 2 aromatic heterocycles. The molecule has 2 aromatic carbocycles. The number of aromatic nitrogens is 3. The van der Waals surface area contributed by atoms with Crippen molar-refractivity contribution in [2.75, 3.05) is 59.5 Å². The largest absolute Gasteiger partial charge is 0.388 e. The van der Waals surface area contributed by atoms with Crippen molar-refractivity contribution in [3.63, 3.8) is 0 Å². The van der Waals surface area contributed by atoms with Crippen molar-refractivity contribution in [1.29, 1.82) is 0 Å². The molecular weight excluding hydrogens is 570 g/mol. The zero-order valence-corrected chi connectivity index (χ0v) is 24.8. The molecule has 12 nitrogen and oxygen atoms in total. The lowest BCUT2D eigenvalue weighted by Gasteiger charge is -2.34. The number of hydrogen-bond acceptors (Lipinski definition) is 9. The van der Waals surface area contributed by atoms with E-state index < -0.39 is 11.5 Å². The molecule has 0 bridgehead atoms. The number of benzene rings is 2. The number of para-hydroxylation sites is 2. The van der Waals surface area contributed by atoms with Gasteiger partial charge in [-0.2, -0.15) is 4.80 Å². The number of epoxide rings is 3. The minimum Gasteiger partial charge on any atom is -0.388 e. The van der Waals surface area contributed by atoms with Gasteiger partial charge in [-0.1, -0.05) is 18.2 Å². The van der Waals surface area contributed by atoms with Crippen molar-refractivity contribution in [3.05, 3.63) is 53.6 Å². The fraction of sp³-hybridized carbons (Fsp3) is 0.625. The number of ether oxygens (including phenoxy) is 8. The van der Waals surface area contributed by atoms with Gasteiger partial charge in [0, 0.05) is 0 Å². The van der Waals surface area contributed by atoms with Gasteiger partial charge in [0.25, 0.3) is 0 Å². The molecule has 44 heavy (non-hydrogen) atoms. The van der Waals surface area contributed by atoms with E-state index in [0.29, 0.717) is 39.6 Å². The van der Waals surface area contributed by atoms with Gasteiger partial charge in [0.05, 0.1) is 70.6 Å². The predicted octanol–water partition coefficient (Wildman–Crippen LogP) is 1.40. The number of nitrogens with zero attached hydrogens (tertiary/aromatic N) is 3. The van der Waals surface area contributed by atoms with Crippen LogP contribution in [0.25, 0.3) is 16.7 Å². The average Bonchev–Trinajstić information content (AvgIpc) is 3.78. The van der Waals surface area contributed by atoms with Crippen LogP contribution in [0.15, 0.2) is 42.5 Å². The Morgan fingerprint density at radius 3 is 2.09 bits per heavy atom. The highest BCUT2D eigenvalue weighted by atomic mass is 16.7. The second-order valence-corrected chi connectivity index (χ2v) is 13.1. The van der Waals surface area contributed by atoms with Gasteiger partial charge in [-0.25, -0.2) is 0 Å². The van der Waals surface area contributed by atoms with Crippen LogP contribution in [0.1, 0.15) is 11.1 Å². The normalized spacial score (nSPS) is 31.3. The lowest BCUT2D eigenvalue weighted by molar-refractivity contribution is -0.140. The quantitative estimate of drug-likeness (QED) is 0.117. The van der Waals surface area contributed by atoms with Crippen LogP contribution in [0.4, 0.5) is 0 Å². The lowest BCUT2D eigenvalue weighted by Crippen LogP contribution is -2.44. The van der Waals surface area contributed by atoms with Crippen LogP contribution in [0, 0.1) is 12.3 Å². The highest BCUT2D eigenvalue weighted by Crippen LogP contribution is 2.51. The summed E-state index contributed by atoms with van der Waals surface area (Å²) in [5.41, 5.74) is 5.53. The van der Waals surface area contributed by atoms with Crippen LogP contribution in [-0.4, -0.2) is 127 Å². The molecule has 9 rings (SSSR count). The molecule has 5 aliphatic rings. The number of hydrogen-bond donors (Lipinski definition) is 1. The molecular formula is C32H39N3O9. The summed E-state index contributed by atoms with van der Waals surface area (Å²) in [7, 11) is 0. The summed E-state index contributed by atoms with van der Waals surface area (Å²) >= 11 is 0. The first kappa shape index (κ1) is 27.8. The van der Waals surface area contributed by atoms with Gasteiger partial charge >= 0.3 is 0 Å². The number of aliphatic hydroxyl groups excluding tert-OH is 1. The van der Waals surface area contributed by atoms with E-state index >= 15 is 0 Å². The van der Waals surface area contributed by atoms with Gasteiger partial charge in [-0.15, -0.1) is 9.26 Å². The number of aryl methyl sites for hydroxylation is 1. The fourth-order valence-electron chi connectivity index (χ4n) is 6.07. The monoisotopic (exact) mass is 609 g/mol. The Morgan fingerprint density at radius 2 is 1.50 bits per heavy atom. The molecule has 3 saturated heterocycles. The first-order valence-electron chi connectivity index (χ1n) is 15.7. The van der Waals surface area contributed by atoms with Gasteiger partial charge in [-0.3, -0.25) is 0 Å². The molecule has 4 aromatic rings. The highest BCUT2D eigenvalue weighted by Gasteiger charge is 2.70. The standard InChI is InChI=1S/C32H39N3O9/c1-19-10-21(33-34-24-4-2-3-5-25(24)35(33)34)7-6-20(19)8-9-37-11-22(36)12-38-15-32(16-39-13-23-14-40-23,17-41-26-28-29(26)43-28)18-42-27-30-31(27)44-30/h2-7,10,22-23,26-31,36H,8-9,11-18H2,1H3. The van der Waals surface area contributed by atoms with Crippen LogP contribution in [0.5, 0.6) is 0 Å². The Kier molecular flexibility index (Phi) is 6.81. The molecule has 0 spiro atoms. The van der Waals surface area contributed by atoms with Crippen molar-refractivity contribution in [1.82, 2.24) is 14.1 Å². The molecule has 0 amide bonds. The molecule has 5 heterocycles. The number of rotatable bonds is 20. The summed E-state index contributed by atoms with van der Waals surface area (Å²) in [4.78, 5) is 2.17. The molecule has 12 heteroatoms. The molecule has 236 valence electrons. The van der Waals surface area contributed by atoms with Crippen molar-refractivity contribution in [2.24, 2.45) is 5.41 Å². The van der Waals surface area contributed by atoms with Crippen molar-refractivity contribution in [2.45, 2.75) is 62.2 Å². The van der Waals surface area contributed by atoms with E-state index in [1.54, 1.807) is 0 Å². The average molecular weight is 610 g/mol. The third-order valence-corrected chi connectivity index (χ3v) is 9.34. The molecule has 6 unspecified atom stereocenters. The maximum atomic E-state index is 10.6. The summed E-state index contributed by atoms with van der Waals surface area (Å²) < 4.78 is 50.6. The minimum atomic E-state index is -0.740. The second kappa shape index (κ2) is 10.8. The third-order valence-electron chi connectivity index (χ3n) is 9.34. The molecule has 2 saturated carbocycles. The Morgan fingerprint density at radius 1 is 0.864 bits per heavy atom. The molecule has 0 radical (unpaired) electrons.